The van der Waals surface area contributed by atoms with Crippen molar-refractivity contribution in [2.45, 2.75) is 51.2 Å². The highest BCUT2D eigenvalue weighted by atomic mass is 35.5. The molecule has 0 radical (unpaired) electrons. The molecule has 0 amide bonds. The van der Waals surface area contributed by atoms with Crippen LogP contribution in [0.2, 0.25) is 10.0 Å². The molecule has 20 heavy (non-hydrogen) atoms. The van der Waals surface area contributed by atoms with Gasteiger partial charge < -0.3 is 10.0 Å². The molecule has 0 spiro atoms. The summed E-state index contributed by atoms with van der Waals surface area (Å²) in [6.07, 6.45) is 5.29. The summed E-state index contributed by atoms with van der Waals surface area (Å²) >= 11 is 12.0. The van der Waals surface area contributed by atoms with E-state index in [0.29, 0.717) is 16.1 Å². The van der Waals surface area contributed by atoms with Gasteiger partial charge in [-0.25, -0.2) is 0 Å². The molecular formula is C16H23Cl2NO. The number of hydrogen-bond donors (Lipinski definition) is 1. The Morgan fingerprint density at radius 1 is 1.35 bits per heavy atom. The van der Waals surface area contributed by atoms with E-state index in [9.17, 15) is 5.11 Å². The first kappa shape index (κ1) is 16.1. The summed E-state index contributed by atoms with van der Waals surface area (Å²) in [5.74, 6) is 0. The monoisotopic (exact) mass is 315 g/mol. The van der Waals surface area contributed by atoms with Crippen LogP contribution in [0.15, 0.2) is 18.2 Å². The van der Waals surface area contributed by atoms with Crippen molar-refractivity contribution in [3.05, 3.63) is 33.8 Å². The van der Waals surface area contributed by atoms with Crippen LogP contribution in [-0.2, 0) is 0 Å². The molecule has 112 valence electrons. The summed E-state index contributed by atoms with van der Waals surface area (Å²) in [7, 11) is 0. The first-order chi connectivity index (χ1) is 9.61. The highest BCUT2D eigenvalue weighted by Crippen LogP contribution is 2.29. The van der Waals surface area contributed by atoms with Gasteiger partial charge in [-0.15, -0.1) is 0 Å². The van der Waals surface area contributed by atoms with Gasteiger partial charge >= 0.3 is 0 Å². The molecule has 1 heterocycles. The standard InChI is InChI=1S/C16H23Cl2NO/c1-2-13-5-3-4-9-19(13)10-8-16(20)14-7-6-12(17)11-15(14)18/h6-7,11,13,16,20H,2-5,8-10H2,1H3. The summed E-state index contributed by atoms with van der Waals surface area (Å²) in [6.45, 7) is 4.33. The number of hydrogen-bond acceptors (Lipinski definition) is 2. The number of rotatable bonds is 5. The Bertz CT molecular complexity index is 438. The van der Waals surface area contributed by atoms with Crippen molar-refractivity contribution in [3.63, 3.8) is 0 Å². The zero-order valence-electron chi connectivity index (χ0n) is 12.0. The van der Waals surface area contributed by atoms with E-state index >= 15 is 0 Å². The highest BCUT2D eigenvalue weighted by Gasteiger charge is 2.22. The summed E-state index contributed by atoms with van der Waals surface area (Å²) in [6, 6.07) is 5.97. The second kappa shape index (κ2) is 7.65. The van der Waals surface area contributed by atoms with E-state index in [0.717, 1.165) is 25.1 Å². The molecule has 1 saturated heterocycles. The summed E-state index contributed by atoms with van der Waals surface area (Å²) in [5.41, 5.74) is 0.779. The molecule has 1 N–H and O–H groups in total. The topological polar surface area (TPSA) is 23.5 Å². The number of benzene rings is 1. The quantitative estimate of drug-likeness (QED) is 0.852. The number of aliphatic hydroxyl groups excluding tert-OH is 1. The van der Waals surface area contributed by atoms with Gasteiger partial charge in [-0.05, 0) is 49.9 Å². The first-order valence-electron chi connectivity index (χ1n) is 7.49. The lowest BCUT2D eigenvalue weighted by Gasteiger charge is -2.35. The Balaban J connectivity index is 1.92. The third kappa shape index (κ3) is 4.11. The molecule has 2 nitrogen and oxygen atoms in total. The summed E-state index contributed by atoms with van der Waals surface area (Å²) < 4.78 is 0. The van der Waals surface area contributed by atoms with Gasteiger partial charge in [-0.2, -0.15) is 0 Å². The molecule has 1 aliphatic heterocycles. The summed E-state index contributed by atoms with van der Waals surface area (Å²) in [4.78, 5) is 2.51. The molecule has 4 heteroatoms. The van der Waals surface area contributed by atoms with Crippen LogP contribution in [0.1, 0.15) is 50.7 Å². The van der Waals surface area contributed by atoms with Crippen LogP contribution in [0.4, 0.5) is 0 Å². The molecule has 2 rings (SSSR count). The van der Waals surface area contributed by atoms with Gasteiger partial charge in [0.05, 0.1) is 6.10 Å². The van der Waals surface area contributed by atoms with Gasteiger partial charge in [-0.1, -0.05) is 42.6 Å². The Kier molecular flexibility index (Phi) is 6.16. The fourth-order valence-electron chi connectivity index (χ4n) is 3.03. The van der Waals surface area contributed by atoms with E-state index in [1.807, 2.05) is 6.07 Å². The van der Waals surface area contributed by atoms with Crippen molar-refractivity contribution in [1.29, 1.82) is 0 Å². The van der Waals surface area contributed by atoms with Gasteiger partial charge in [0.25, 0.3) is 0 Å². The molecule has 0 aromatic heterocycles. The number of piperidine rings is 1. The van der Waals surface area contributed by atoms with Crippen molar-refractivity contribution in [1.82, 2.24) is 4.90 Å². The molecule has 1 aromatic rings. The van der Waals surface area contributed by atoms with Crippen LogP contribution in [0.5, 0.6) is 0 Å². The molecule has 1 fully saturated rings. The van der Waals surface area contributed by atoms with Crippen LogP contribution < -0.4 is 0 Å². The van der Waals surface area contributed by atoms with E-state index in [1.165, 1.54) is 25.7 Å². The van der Waals surface area contributed by atoms with Crippen molar-refractivity contribution in [3.8, 4) is 0 Å². The Morgan fingerprint density at radius 3 is 2.85 bits per heavy atom. The Labute approximate surface area is 131 Å². The fraction of sp³-hybridized carbons (Fsp3) is 0.625. The van der Waals surface area contributed by atoms with Crippen LogP contribution >= 0.6 is 23.2 Å². The van der Waals surface area contributed by atoms with E-state index in [4.69, 9.17) is 23.2 Å². The number of aliphatic hydroxyl groups is 1. The second-order valence-electron chi connectivity index (χ2n) is 5.56. The Hall–Kier alpha value is -0.280. The zero-order valence-corrected chi connectivity index (χ0v) is 13.5. The molecule has 1 aliphatic rings. The average Bonchev–Trinajstić information content (AvgIpc) is 2.45. The average molecular weight is 316 g/mol. The van der Waals surface area contributed by atoms with Gasteiger partial charge in [0.1, 0.15) is 0 Å². The minimum atomic E-state index is -0.515. The van der Waals surface area contributed by atoms with E-state index in [2.05, 4.69) is 11.8 Å². The molecule has 0 saturated carbocycles. The summed E-state index contributed by atoms with van der Waals surface area (Å²) in [5, 5.41) is 11.5. The third-order valence-corrected chi connectivity index (χ3v) is 4.79. The van der Waals surface area contributed by atoms with Crippen molar-refractivity contribution in [2.24, 2.45) is 0 Å². The minimum Gasteiger partial charge on any atom is -0.388 e. The van der Waals surface area contributed by atoms with Gasteiger partial charge in [0.15, 0.2) is 0 Å². The first-order valence-corrected chi connectivity index (χ1v) is 8.24. The van der Waals surface area contributed by atoms with Gasteiger partial charge in [-0.3, -0.25) is 0 Å². The molecular weight excluding hydrogens is 293 g/mol. The fourth-order valence-corrected chi connectivity index (χ4v) is 3.57. The van der Waals surface area contributed by atoms with Crippen LogP contribution in [-0.4, -0.2) is 29.1 Å². The molecule has 1 aromatic carbocycles. The maximum Gasteiger partial charge on any atom is 0.0816 e. The number of likely N-dealkylation sites (tertiary alicyclic amines) is 1. The van der Waals surface area contributed by atoms with E-state index in [1.54, 1.807) is 12.1 Å². The van der Waals surface area contributed by atoms with Crippen molar-refractivity contribution >= 4 is 23.2 Å². The van der Waals surface area contributed by atoms with Crippen LogP contribution in [0, 0.1) is 0 Å². The lowest BCUT2D eigenvalue weighted by molar-refractivity contribution is 0.101. The van der Waals surface area contributed by atoms with E-state index in [-0.39, 0.29) is 0 Å². The predicted octanol–water partition coefficient (Wildman–Crippen LogP) is 4.68. The van der Waals surface area contributed by atoms with Gasteiger partial charge in [0, 0.05) is 22.6 Å². The second-order valence-corrected chi connectivity index (χ2v) is 6.41. The number of nitrogens with zero attached hydrogens (tertiary/aromatic N) is 1. The molecule has 2 unspecified atom stereocenters. The maximum atomic E-state index is 10.3. The zero-order chi connectivity index (χ0) is 14.5. The number of halogens is 2. The molecule has 0 bridgehead atoms. The smallest absolute Gasteiger partial charge is 0.0816 e. The SMILES string of the molecule is CCC1CCCCN1CCC(O)c1ccc(Cl)cc1Cl. The Morgan fingerprint density at radius 2 is 2.15 bits per heavy atom. The predicted molar refractivity (Wildman–Crippen MR) is 85.5 cm³/mol. The van der Waals surface area contributed by atoms with Crippen molar-refractivity contribution in [2.75, 3.05) is 13.1 Å². The lowest BCUT2D eigenvalue weighted by atomic mass is 9.98. The van der Waals surface area contributed by atoms with E-state index < -0.39 is 6.10 Å². The van der Waals surface area contributed by atoms with Crippen molar-refractivity contribution < 1.29 is 5.11 Å². The van der Waals surface area contributed by atoms with Gasteiger partial charge in [0.2, 0.25) is 0 Å². The van der Waals surface area contributed by atoms with Crippen LogP contribution in [0.25, 0.3) is 0 Å². The third-order valence-electron chi connectivity index (χ3n) is 4.23. The normalized spacial score (nSPS) is 21.9. The highest BCUT2D eigenvalue weighted by molar-refractivity contribution is 6.35. The molecule has 2 atom stereocenters. The minimum absolute atomic E-state index is 0.515. The maximum absolute atomic E-state index is 10.3. The molecule has 0 aliphatic carbocycles. The lowest BCUT2D eigenvalue weighted by Crippen LogP contribution is -2.40. The van der Waals surface area contributed by atoms with Crippen LogP contribution in [0.3, 0.4) is 0 Å². The largest absolute Gasteiger partial charge is 0.388 e.